The van der Waals surface area contributed by atoms with E-state index >= 15 is 0 Å². The number of carbonyl (C=O) groups excluding carboxylic acids is 1. The van der Waals surface area contributed by atoms with Crippen molar-refractivity contribution in [3.05, 3.63) is 90.0 Å². The summed E-state index contributed by atoms with van der Waals surface area (Å²) in [5.41, 5.74) is 4.41. The van der Waals surface area contributed by atoms with Gasteiger partial charge >= 0.3 is 5.97 Å². The minimum absolute atomic E-state index is 0.0496. The molecule has 1 aliphatic heterocycles. The molecule has 36 heavy (non-hydrogen) atoms. The Hall–Kier alpha value is -3.11. The van der Waals surface area contributed by atoms with Crippen LogP contribution in [0.1, 0.15) is 74.2 Å². The number of aryl methyl sites for hydroxylation is 1. The maximum absolute atomic E-state index is 12.1. The first-order valence-corrected chi connectivity index (χ1v) is 13.4. The normalized spacial score (nSPS) is 16.3. The van der Waals surface area contributed by atoms with E-state index in [1.54, 1.807) is 12.1 Å². The van der Waals surface area contributed by atoms with Gasteiger partial charge < -0.3 is 14.2 Å². The molecule has 4 rings (SSSR count). The molecule has 0 saturated carbocycles. The van der Waals surface area contributed by atoms with Crippen molar-refractivity contribution in [3.8, 4) is 16.9 Å². The van der Waals surface area contributed by atoms with Crippen LogP contribution in [-0.2, 0) is 15.9 Å². The Morgan fingerprint density at radius 1 is 0.861 bits per heavy atom. The lowest BCUT2D eigenvalue weighted by Crippen LogP contribution is -2.24. The lowest BCUT2D eigenvalue weighted by molar-refractivity contribution is -0.105. The lowest BCUT2D eigenvalue weighted by atomic mass is 10.0. The summed E-state index contributed by atoms with van der Waals surface area (Å²) < 4.78 is 17.2. The SMILES string of the molecule is CC(CCCCCCc1ccc(-c2ccc(OC3CCCCO3)cc2)cc1)OC(=O)c1ccccc1. The monoisotopic (exact) mass is 486 g/mol. The molecule has 4 heteroatoms. The second-order valence-corrected chi connectivity index (χ2v) is 9.67. The Morgan fingerprint density at radius 2 is 1.56 bits per heavy atom. The Kier molecular flexibility index (Phi) is 9.98. The van der Waals surface area contributed by atoms with Gasteiger partial charge in [-0.05, 0) is 86.4 Å². The van der Waals surface area contributed by atoms with Crippen LogP contribution in [0.5, 0.6) is 5.75 Å². The Morgan fingerprint density at radius 3 is 2.25 bits per heavy atom. The van der Waals surface area contributed by atoms with Crippen molar-refractivity contribution >= 4 is 5.97 Å². The van der Waals surface area contributed by atoms with Crippen molar-refractivity contribution in [2.45, 2.75) is 77.1 Å². The van der Waals surface area contributed by atoms with Crippen LogP contribution in [0.15, 0.2) is 78.9 Å². The second-order valence-electron chi connectivity index (χ2n) is 9.67. The van der Waals surface area contributed by atoms with Gasteiger partial charge in [0.15, 0.2) is 6.29 Å². The van der Waals surface area contributed by atoms with Crippen molar-refractivity contribution in [3.63, 3.8) is 0 Å². The molecule has 1 aliphatic rings. The molecule has 0 spiro atoms. The zero-order valence-corrected chi connectivity index (χ0v) is 21.4. The Labute approximate surface area is 215 Å². The van der Waals surface area contributed by atoms with Crippen molar-refractivity contribution in [2.75, 3.05) is 6.61 Å². The molecule has 4 nitrogen and oxygen atoms in total. The highest BCUT2D eigenvalue weighted by atomic mass is 16.7. The van der Waals surface area contributed by atoms with Crippen LogP contribution in [0.2, 0.25) is 0 Å². The van der Waals surface area contributed by atoms with Gasteiger partial charge in [-0.2, -0.15) is 0 Å². The van der Waals surface area contributed by atoms with Crippen LogP contribution in [0.3, 0.4) is 0 Å². The molecule has 0 aliphatic carbocycles. The second kappa shape index (κ2) is 13.8. The maximum atomic E-state index is 12.1. The van der Waals surface area contributed by atoms with Crippen LogP contribution >= 0.6 is 0 Å². The third-order valence-corrected chi connectivity index (χ3v) is 6.69. The fourth-order valence-corrected chi connectivity index (χ4v) is 4.54. The molecule has 0 radical (unpaired) electrons. The van der Waals surface area contributed by atoms with Gasteiger partial charge in [0.2, 0.25) is 0 Å². The molecular formula is C32H38O4. The van der Waals surface area contributed by atoms with Gasteiger partial charge in [-0.25, -0.2) is 4.79 Å². The smallest absolute Gasteiger partial charge is 0.338 e. The number of hydrogen-bond acceptors (Lipinski definition) is 4. The molecule has 1 fully saturated rings. The van der Waals surface area contributed by atoms with E-state index < -0.39 is 0 Å². The van der Waals surface area contributed by atoms with Gasteiger partial charge in [-0.15, -0.1) is 0 Å². The minimum atomic E-state index is -0.232. The van der Waals surface area contributed by atoms with Crippen LogP contribution < -0.4 is 4.74 Å². The summed E-state index contributed by atoms with van der Waals surface area (Å²) in [6, 6.07) is 26.4. The number of benzene rings is 3. The Balaban J connectivity index is 1.11. The summed E-state index contributed by atoms with van der Waals surface area (Å²) in [5.74, 6) is 0.635. The summed E-state index contributed by atoms with van der Waals surface area (Å²) in [6.45, 7) is 2.77. The molecule has 2 atom stereocenters. The van der Waals surface area contributed by atoms with Gasteiger partial charge in [0.25, 0.3) is 0 Å². The molecule has 1 heterocycles. The quantitative estimate of drug-likeness (QED) is 0.192. The molecule has 0 amide bonds. The van der Waals surface area contributed by atoms with E-state index in [-0.39, 0.29) is 18.4 Å². The number of unbranched alkanes of at least 4 members (excludes halogenated alkanes) is 3. The van der Waals surface area contributed by atoms with Gasteiger partial charge in [-0.3, -0.25) is 0 Å². The van der Waals surface area contributed by atoms with E-state index in [4.69, 9.17) is 14.2 Å². The molecule has 0 N–H and O–H groups in total. The van der Waals surface area contributed by atoms with Crippen molar-refractivity contribution in [2.24, 2.45) is 0 Å². The summed E-state index contributed by atoms with van der Waals surface area (Å²) in [5, 5.41) is 0. The number of carbonyl (C=O) groups is 1. The molecule has 0 bridgehead atoms. The zero-order chi connectivity index (χ0) is 25.0. The average molecular weight is 487 g/mol. The molecular weight excluding hydrogens is 448 g/mol. The van der Waals surface area contributed by atoms with Crippen molar-refractivity contribution in [1.82, 2.24) is 0 Å². The molecule has 2 unspecified atom stereocenters. The average Bonchev–Trinajstić information content (AvgIpc) is 2.92. The van der Waals surface area contributed by atoms with E-state index in [1.165, 1.54) is 36.0 Å². The molecule has 0 aromatic heterocycles. The fraction of sp³-hybridized carbons (Fsp3) is 0.406. The van der Waals surface area contributed by atoms with Crippen LogP contribution in [0.4, 0.5) is 0 Å². The molecule has 3 aromatic rings. The van der Waals surface area contributed by atoms with Crippen LogP contribution in [0, 0.1) is 0 Å². The highest BCUT2D eigenvalue weighted by molar-refractivity contribution is 5.89. The van der Waals surface area contributed by atoms with Gasteiger partial charge in [0.1, 0.15) is 5.75 Å². The van der Waals surface area contributed by atoms with Crippen LogP contribution in [-0.4, -0.2) is 25.0 Å². The van der Waals surface area contributed by atoms with Gasteiger partial charge in [0, 0.05) is 6.42 Å². The van der Waals surface area contributed by atoms with Gasteiger partial charge in [-0.1, -0.05) is 67.4 Å². The standard InChI is InChI=1S/C32H38O4/c1-25(35-32(33)29-13-7-4-8-14-29)11-5-2-3-6-12-26-16-18-27(19-17-26)28-20-22-30(23-21-28)36-31-15-9-10-24-34-31/h4,7-8,13-14,16-23,25,31H,2-3,5-6,9-12,15,24H2,1H3. The predicted molar refractivity (Wildman–Crippen MR) is 144 cm³/mol. The van der Waals surface area contributed by atoms with E-state index in [0.29, 0.717) is 5.56 Å². The van der Waals surface area contributed by atoms with E-state index in [9.17, 15) is 4.79 Å². The third-order valence-electron chi connectivity index (χ3n) is 6.69. The predicted octanol–water partition coefficient (Wildman–Crippen LogP) is 8.00. The summed E-state index contributed by atoms with van der Waals surface area (Å²) in [6.07, 6.45) is 9.70. The summed E-state index contributed by atoms with van der Waals surface area (Å²) in [4.78, 5) is 12.1. The first kappa shape index (κ1) is 26.0. The summed E-state index contributed by atoms with van der Waals surface area (Å²) in [7, 11) is 0. The first-order valence-electron chi connectivity index (χ1n) is 13.4. The topological polar surface area (TPSA) is 44.8 Å². The first-order chi connectivity index (χ1) is 17.7. The number of ether oxygens (including phenoxy) is 3. The number of rotatable bonds is 12. The van der Waals surface area contributed by atoms with Crippen LogP contribution in [0.25, 0.3) is 11.1 Å². The van der Waals surface area contributed by atoms with E-state index in [0.717, 1.165) is 50.9 Å². The number of esters is 1. The number of hydrogen-bond donors (Lipinski definition) is 0. The molecule has 3 aromatic carbocycles. The third kappa shape index (κ3) is 8.23. The zero-order valence-electron chi connectivity index (χ0n) is 21.4. The molecule has 1 saturated heterocycles. The Bertz CT molecular complexity index is 1040. The van der Waals surface area contributed by atoms with Crippen molar-refractivity contribution in [1.29, 1.82) is 0 Å². The summed E-state index contributed by atoms with van der Waals surface area (Å²) >= 11 is 0. The molecule has 190 valence electrons. The van der Waals surface area contributed by atoms with E-state index in [2.05, 4.69) is 36.4 Å². The highest BCUT2D eigenvalue weighted by Gasteiger charge is 2.15. The fourth-order valence-electron chi connectivity index (χ4n) is 4.54. The minimum Gasteiger partial charge on any atom is -0.465 e. The highest BCUT2D eigenvalue weighted by Crippen LogP contribution is 2.25. The lowest BCUT2D eigenvalue weighted by Gasteiger charge is -2.23. The van der Waals surface area contributed by atoms with Gasteiger partial charge in [0.05, 0.1) is 18.3 Å². The largest absolute Gasteiger partial charge is 0.465 e. The van der Waals surface area contributed by atoms with Crippen molar-refractivity contribution < 1.29 is 19.0 Å². The maximum Gasteiger partial charge on any atom is 0.338 e. The van der Waals surface area contributed by atoms with E-state index in [1.807, 2.05) is 37.3 Å².